The molecular formula is C29H33NO9. The van der Waals surface area contributed by atoms with E-state index in [9.17, 15) is 39.6 Å². The summed E-state index contributed by atoms with van der Waals surface area (Å²) in [4.78, 5) is 52.6. The number of benzene rings is 1. The van der Waals surface area contributed by atoms with Crippen molar-refractivity contribution in [2.45, 2.75) is 76.4 Å². The molecule has 10 heteroatoms. The lowest BCUT2D eigenvalue weighted by molar-refractivity contribution is -0.179. The van der Waals surface area contributed by atoms with E-state index in [-0.39, 0.29) is 22.8 Å². The predicted octanol–water partition coefficient (Wildman–Crippen LogP) is 2.76. The number of nitrogens with two attached hydrogens (primary N) is 1. The SMILES string of the molecule is C[C@H]1c2ccc(C(C)(C)C)c(O)c2C(=O)C2=C(O)[C@]3(O)C(=O)C(C(N)=O)=C(O)C[C@@H]3[C@@H](OC(=O)C3CCC3)[C@@H]21. The zero-order valence-corrected chi connectivity index (χ0v) is 22.3. The highest BCUT2D eigenvalue weighted by Crippen LogP contribution is 2.56. The average molecular weight is 540 g/mol. The quantitative estimate of drug-likeness (QED) is 0.285. The molecule has 10 nitrogen and oxygen atoms in total. The van der Waals surface area contributed by atoms with Gasteiger partial charge in [0.05, 0.1) is 11.5 Å². The van der Waals surface area contributed by atoms with Crippen LogP contribution in [0, 0.1) is 17.8 Å². The number of allylic oxidation sites excluding steroid dienone is 1. The van der Waals surface area contributed by atoms with Crippen molar-refractivity contribution in [3.63, 3.8) is 0 Å². The van der Waals surface area contributed by atoms with Crippen molar-refractivity contribution < 1.29 is 44.3 Å². The van der Waals surface area contributed by atoms with Crippen molar-refractivity contribution in [1.29, 1.82) is 0 Å². The highest BCUT2D eigenvalue weighted by Gasteiger charge is 2.65. The van der Waals surface area contributed by atoms with E-state index in [1.165, 1.54) is 0 Å². The van der Waals surface area contributed by atoms with Gasteiger partial charge < -0.3 is 30.9 Å². The molecule has 208 valence electrons. The van der Waals surface area contributed by atoms with Gasteiger partial charge in [-0.15, -0.1) is 0 Å². The first-order chi connectivity index (χ1) is 18.1. The summed E-state index contributed by atoms with van der Waals surface area (Å²) in [6.07, 6.45) is 0.241. The molecule has 0 heterocycles. The summed E-state index contributed by atoms with van der Waals surface area (Å²) >= 11 is 0. The molecule has 0 unspecified atom stereocenters. The molecule has 5 atom stereocenters. The van der Waals surface area contributed by atoms with Gasteiger partial charge in [0.1, 0.15) is 28.9 Å². The van der Waals surface area contributed by atoms with Crippen molar-refractivity contribution in [3.05, 3.63) is 51.5 Å². The lowest BCUT2D eigenvalue weighted by Crippen LogP contribution is -2.63. The van der Waals surface area contributed by atoms with Crippen molar-refractivity contribution in [1.82, 2.24) is 0 Å². The number of aromatic hydroxyl groups is 1. The van der Waals surface area contributed by atoms with Crippen LogP contribution in [-0.2, 0) is 24.5 Å². The molecule has 0 aromatic heterocycles. The number of fused-ring (bicyclic) bond motifs is 3. The number of phenolic OH excluding ortho intramolecular Hbond substituents is 1. The largest absolute Gasteiger partial charge is 0.511 e. The summed E-state index contributed by atoms with van der Waals surface area (Å²) in [5.74, 6) is -9.44. The molecule has 39 heavy (non-hydrogen) atoms. The Labute approximate surface area is 225 Å². The fourth-order valence-corrected chi connectivity index (χ4v) is 6.60. The molecule has 1 aromatic carbocycles. The van der Waals surface area contributed by atoms with Crippen molar-refractivity contribution >= 4 is 23.4 Å². The third-order valence-electron chi connectivity index (χ3n) is 8.97. The number of Topliss-reactive ketones (excluding diaryl/α,β-unsaturated/α-hetero) is 2. The molecule has 0 bridgehead atoms. The Balaban J connectivity index is 1.76. The van der Waals surface area contributed by atoms with E-state index in [0.29, 0.717) is 24.0 Å². The van der Waals surface area contributed by atoms with E-state index in [0.717, 1.165) is 6.42 Å². The van der Waals surface area contributed by atoms with Crippen LogP contribution in [0.2, 0.25) is 0 Å². The number of hydrogen-bond acceptors (Lipinski definition) is 9. The van der Waals surface area contributed by atoms with Gasteiger partial charge in [-0.25, -0.2) is 0 Å². The third-order valence-corrected chi connectivity index (χ3v) is 8.97. The zero-order chi connectivity index (χ0) is 28.8. The van der Waals surface area contributed by atoms with Crippen molar-refractivity contribution in [2.24, 2.45) is 23.5 Å². The minimum absolute atomic E-state index is 0.0735. The Morgan fingerprint density at radius 1 is 1.10 bits per heavy atom. The molecule has 1 amide bonds. The van der Waals surface area contributed by atoms with Gasteiger partial charge in [0.25, 0.3) is 5.91 Å². The third kappa shape index (κ3) is 3.64. The highest BCUT2D eigenvalue weighted by atomic mass is 16.5. The number of carbonyl (C=O) groups excluding carboxylic acids is 4. The minimum atomic E-state index is -2.86. The monoisotopic (exact) mass is 539 g/mol. The second kappa shape index (κ2) is 8.67. The van der Waals surface area contributed by atoms with Crippen LogP contribution < -0.4 is 5.73 Å². The van der Waals surface area contributed by atoms with Gasteiger partial charge in [-0.2, -0.15) is 0 Å². The summed E-state index contributed by atoms with van der Waals surface area (Å²) in [6, 6.07) is 3.44. The van der Waals surface area contributed by atoms with Crippen LogP contribution in [0.4, 0.5) is 0 Å². The zero-order valence-electron chi connectivity index (χ0n) is 22.3. The standard InChI is InChI=1S/C29H33NO9/c1-11-13-8-9-14(28(2,3)4)21(32)18(13)22(33)20-17(11)23(39-27(37)12-6-5-7-12)15-10-16(31)19(26(30)36)24(34)29(15,38)25(20)35/h8-9,11-12,15,17,23,31-32,35,38H,5-7,10H2,1-4H3,(H2,30,36)/t11-,15+,17+,23+,29+/m0/s1. The maximum absolute atomic E-state index is 14.0. The number of aliphatic hydroxyl groups excluding tert-OH is 2. The number of amides is 1. The second-order valence-electron chi connectivity index (χ2n) is 12.2. The average Bonchev–Trinajstić information content (AvgIpc) is 2.79. The Hall–Kier alpha value is -3.66. The van der Waals surface area contributed by atoms with Crippen LogP contribution in [0.1, 0.15) is 80.8 Å². The van der Waals surface area contributed by atoms with Gasteiger partial charge in [-0.1, -0.05) is 46.2 Å². The topological polar surface area (TPSA) is 184 Å². The fourth-order valence-electron chi connectivity index (χ4n) is 6.60. The number of phenols is 1. The number of primary amides is 1. The van der Waals surface area contributed by atoms with Crippen LogP contribution in [0.15, 0.2) is 34.8 Å². The molecule has 0 aliphatic heterocycles. The van der Waals surface area contributed by atoms with E-state index in [2.05, 4.69) is 0 Å². The molecule has 0 radical (unpaired) electrons. The number of hydrogen-bond donors (Lipinski definition) is 5. The maximum Gasteiger partial charge on any atom is 0.309 e. The molecule has 1 aromatic rings. The number of carbonyl (C=O) groups is 4. The summed E-state index contributed by atoms with van der Waals surface area (Å²) < 4.78 is 5.92. The first-order valence-electron chi connectivity index (χ1n) is 13.2. The Kier molecular flexibility index (Phi) is 5.99. The van der Waals surface area contributed by atoms with Crippen LogP contribution in [0.5, 0.6) is 5.75 Å². The number of aliphatic hydroxyl groups is 3. The van der Waals surface area contributed by atoms with Crippen molar-refractivity contribution in [3.8, 4) is 5.75 Å². The van der Waals surface area contributed by atoms with E-state index in [1.807, 2.05) is 20.8 Å². The molecule has 1 saturated carbocycles. The Morgan fingerprint density at radius 2 is 1.74 bits per heavy atom. The van der Waals surface area contributed by atoms with E-state index in [1.54, 1.807) is 19.1 Å². The van der Waals surface area contributed by atoms with Gasteiger partial charge in [-0.05, 0) is 29.7 Å². The van der Waals surface area contributed by atoms with Crippen molar-refractivity contribution in [2.75, 3.05) is 0 Å². The maximum atomic E-state index is 14.0. The summed E-state index contributed by atoms with van der Waals surface area (Å²) in [5.41, 5.74) is 1.51. The Morgan fingerprint density at radius 3 is 2.28 bits per heavy atom. The molecule has 1 fully saturated rings. The molecular weight excluding hydrogens is 506 g/mol. The molecule has 4 aliphatic carbocycles. The molecule has 5 rings (SSSR count). The van der Waals surface area contributed by atoms with Crippen LogP contribution in [-0.4, -0.2) is 55.6 Å². The Bertz CT molecular complexity index is 1390. The van der Waals surface area contributed by atoms with E-state index >= 15 is 0 Å². The summed E-state index contributed by atoms with van der Waals surface area (Å²) in [5, 5.41) is 45.1. The van der Waals surface area contributed by atoms with Gasteiger partial charge in [0.2, 0.25) is 5.78 Å². The van der Waals surface area contributed by atoms with Gasteiger partial charge >= 0.3 is 5.97 Å². The van der Waals surface area contributed by atoms with E-state index in [4.69, 9.17) is 10.5 Å². The number of esters is 1. The van der Waals surface area contributed by atoms with Gasteiger partial charge in [0, 0.05) is 29.4 Å². The van der Waals surface area contributed by atoms with E-state index < -0.39 is 81.8 Å². The van der Waals surface area contributed by atoms with Gasteiger partial charge in [0.15, 0.2) is 11.4 Å². The summed E-state index contributed by atoms with van der Waals surface area (Å²) in [7, 11) is 0. The minimum Gasteiger partial charge on any atom is -0.511 e. The first kappa shape index (κ1) is 26.9. The number of ketones is 2. The first-order valence-corrected chi connectivity index (χ1v) is 13.2. The normalized spacial score (nSPS) is 30.8. The molecule has 0 saturated heterocycles. The lowest BCUT2D eigenvalue weighted by Gasteiger charge is -2.51. The molecule has 0 spiro atoms. The van der Waals surface area contributed by atoms with Crippen LogP contribution >= 0.6 is 0 Å². The van der Waals surface area contributed by atoms with Crippen LogP contribution in [0.3, 0.4) is 0 Å². The smallest absolute Gasteiger partial charge is 0.309 e. The van der Waals surface area contributed by atoms with Crippen LogP contribution in [0.25, 0.3) is 0 Å². The predicted molar refractivity (Wildman–Crippen MR) is 137 cm³/mol. The second-order valence-corrected chi connectivity index (χ2v) is 12.2. The van der Waals surface area contributed by atoms with Gasteiger partial charge in [-0.3, -0.25) is 19.2 Å². The molecule has 4 aliphatic rings. The lowest BCUT2D eigenvalue weighted by atomic mass is 9.56. The fraction of sp³-hybridized carbons (Fsp3) is 0.517. The summed E-state index contributed by atoms with van der Waals surface area (Å²) in [6.45, 7) is 7.32. The number of ether oxygens (including phenoxy) is 1. The number of rotatable bonds is 3. The highest BCUT2D eigenvalue weighted by molar-refractivity contribution is 6.24. The molecule has 6 N–H and O–H groups in total.